The average Bonchev–Trinajstić information content (AvgIpc) is 3.04. The highest BCUT2D eigenvalue weighted by molar-refractivity contribution is 7.07. The van der Waals surface area contributed by atoms with Crippen LogP contribution >= 0.6 is 11.3 Å². The average molecular weight is 280 g/mol. The molecule has 1 fully saturated rings. The van der Waals surface area contributed by atoms with Gasteiger partial charge in [0.25, 0.3) is 0 Å². The van der Waals surface area contributed by atoms with E-state index >= 15 is 0 Å². The summed E-state index contributed by atoms with van der Waals surface area (Å²) in [6.45, 7) is 6.44. The molecule has 1 N–H and O–H groups in total. The Bertz CT molecular complexity index is 404. The molecule has 0 radical (unpaired) electrons. The standard InChI is InChI=1S/C15H24N2OS/c1-4-7-12(5-2)17-14(11-8-9-19-10-11)16-13(6-3)15(17)18/h8-10,12-14,16H,4-7H2,1-3H3. The van der Waals surface area contributed by atoms with E-state index in [4.69, 9.17) is 0 Å². The first-order valence-electron chi connectivity index (χ1n) is 7.33. The number of carbonyl (C=O) groups excluding carboxylic acids is 1. The van der Waals surface area contributed by atoms with Crippen molar-refractivity contribution in [3.8, 4) is 0 Å². The molecular weight excluding hydrogens is 256 g/mol. The van der Waals surface area contributed by atoms with Crippen LogP contribution < -0.4 is 5.32 Å². The van der Waals surface area contributed by atoms with Gasteiger partial charge in [-0.1, -0.05) is 27.2 Å². The van der Waals surface area contributed by atoms with Crippen LogP contribution in [0.5, 0.6) is 0 Å². The summed E-state index contributed by atoms with van der Waals surface area (Å²) in [6.07, 6.45) is 4.16. The van der Waals surface area contributed by atoms with Gasteiger partial charge in [0.05, 0.1) is 6.04 Å². The van der Waals surface area contributed by atoms with E-state index < -0.39 is 0 Å². The molecule has 4 heteroatoms. The summed E-state index contributed by atoms with van der Waals surface area (Å²) in [5, 5.41) is 7.73. The first-order chi connectivity index (χ1) is 9.22. The third-order valence-electron chi connectivity index (χ3n) is 3.94. The van der Waals surface area contributed by atoms with Gasteiger partial charge in [-0.3, -0.25) is 10.1 Å². The van der Waals surface area contributed by atoms with E-state index in [-0.39, 0.29) is 18.1 Å². The van der Waals surface area contributed by atoms with E-state index in [1.54, 1.807) is 11.3 Å². The molecule has 3 unspecified atom stereocenters. The van der Waals surface area contributed by atoms with Crippen LogP contribution in [-0.2, 0) is 4.79 Å². The maximum absolute atomic E-state index is 12.6. The molecule has 3 atom stereocenters. The van der Waals surface area contributed by atoms with Crippen LogP contribution in [0.3, 0.4) is 0 Å². The smallest absolute Gasteiger partial charge is 0.241 e. The lowest BCUT2D eigenvalue weighted by atomic mass is 10.1. The van der Waals surface area contributed by atoms with Gasteiger partial charge in [-0.05, 0) is 41.7 Å². The molecule has 1 saturated heterocycles. The number of carbonyl (C=O) groups is 1. The molecule has 0 saturated carbocycles. The highest BCUT2D eigenvalue weighted by atomic mass is 32.1. The molecule has 2 heterocycles. The third-order valence-corrected chi connectivity index (χ3v) is 4.64. The van der Waals surface area contributed by atoms with Gasteiger partial charge in [0, 0.05) is 6.04 Å². The van der Waals surface area contributed by atoms with Crippen LogP contribution in [-0.4, -0.2) is 22.9 Å². The lowest BCUT2D eigenvalue weighted by Crippen LogP contribution is -2.39. The summed E-state index contributed by atoms with van der Waals surface area (Å²) in [5.41, 5.74) is 1.23. The van der Waals surface area contributed by atoms with Gasteiger partial charge in [-0.25, -0.2) is 0 Å². The van der Waals surface area contributed by atoms with Crippen LogP contribution in [0.15, 0.2) is 16.8 Å². The fraction of sp³-hybridized carbons (Fsp3) is 0.667. The van der Waals surface area contributed by atoms with E-state index in [1.807, 2.05) is 0 Å². The summed E-state index contributed by atoms with van der Waals surface area (Å²) in [4.78, 5) is 14.7. The summed E-state index contributed by atoms with van der Waals surface area (Å²) in [5.74, 6) is 0.277. The Morgan fingerprint density at radius 1 is 1.42 bits per heavy atom. The molecule has 106 valence electrons. The van der Waals surface area contributed by atoms with Crippen molar-refractivity contribution in [1.29, 1.82) is 0 Å². The third kappa shape index (κ3) is 2.84. The number of rotatable bonds is 6. The SMILES string of the molecule is CCCC(CC)N1C(=O)C(CC)NC1c1ccsc1. The predicted octanol–water partition coefficient (Wildman–Crippen LogP) is 3.54. The minimum atomic E-state index is -0.0178. The highest BCUT2D eigenvalue weighted by Gasteiger charge is 2.41. The van der Waals surface area contributed by atoms with Crippen LogP contribution in [0.1, 0.15) is 58.2 Å². The van der Waals surface area contributed by atoms with E-state index in [0.717, 1.165) is 25.7 Å². The Morgan fingerprint density at radius 3 is 2.74 bits per heavy atom. The maximum atomic E-state index is 12.6. The molecule has 1 aliphatic heterocycles. The van der Waals surface area contributed by atoms with E-state index in [9.17, 15) is 4.79 Å². The van der Waals surface area contributed by atoms with Crippen LogP contribution in [0.2, 0.25) is 0 Å². The Balaban J connectivity index is 2.26. The number of hydrogen-bond donors (Lipinski definition) is 1. The quantitative estimate of drug-likeness (QED) is 0.864. The van der Waals surface area contributed by atoms with Crippen molar-refractivity contribution >= 4 is 17.2 Å². The summed E-state index contributed by atoms with van der Waals surface area (Å²) in [6, 6.07) is 2.46. The molecule has 0 aromatic carbocycles. The van der Waals surface area contributed by atoms with Crippen molar-refractivity contribution in [2.24, 2.45) is 0 Å². The van der Waals surface area contributed by atoms with E-state index in [2.05, 4.69) is 47.8 Å². The van der Waals surface area contributed by atoms with Gasteiger partial charge in [-0.2, -0.15) is 11.3 Å². The van der Waals surface area contributed by atoms with Crippen LogP contribution in [0.4, 0.5) is 0 Å². The zero-order valence-electron chi connectivity index (χ0n) is 12.1. The lowest BCUT2D eigenvalue weighted by molar-refractivity contribution is -0.132. The van der Waals surface area contributed by atoms with Crippen molar-refractivity contribution in [1.82, 2.24) is 10.2 Å². The van der Waals surface area contributed by atoms with E-state index in [0.29, 0.717) is 6.04 Å². The van der Waals surface area contributed by atoms with Crippen LogP contribution in [0.25, 0.3) is 0 Å². The largest absolute Gasteiger partial charge is 0.319 e. The predicted molar refractivity (Wildman–Crippen MR) is 80.1 cm³/mol. The van der Waals surface area contributed by atoms with Gasteiger partial charge in [0.15, 0.2) is 0 Å². The maximum Gasteiger partial charge on any atom is 0.241 e. The van der Waals surface area contributed by atoms with Crippen molar-refractivity contribution in [2.75, 3.05) is 0 Å². The topological polar surface area (TPSA) is 32.3 Å². The Hall–Kier alpha value is -0.870. The molecule has 1 aromatic heterocycles. The molecule has 0 bridgehead atoms. The van der Waals surface area contributed by atoms with Gasteiger partial charge < -0.3 is 4.90 Å². The molecule has 3 nitrogen and oxygen atoms in total. The van der Waals surface area contributed by atoms with Gasteiger partial charge in [-0.15, -0.1) is 0 Å². The number of hydrogen-bond acceptors (Lipinski definition) is 3. The van der Waals surface area contributed by atoms with E-state index in [1.165, 1.54) is 5.56 Å². The molecule has 0 aliphatic carbocycles. The van der Waals surface area contributed by atoms with Gasteiger partial charge >= 0.3 is 0 Å². The van der Waals surface area contributed by atoms with Crippen molar-refractivity contribution in [3.05, 3.63) is 22.4 Å². The first kappa shape index (κ1) is 14.5. The van der Waals surface area contributed by atoms with Crippen molar-refractivity contribution in [2.45, 2.75) is 64.7 Å². The minimum Gasteiger partial charge on any atom is -0.319 e. The summed E-state index contributed by atoms with van der Waals surface area (Å²) < 4.78 is 0. The molecule has 19 heavy (non-hydrogen) atoms. The number of thiophene rings is 1. The highest BCUT2D eigenvalue weighted by Crippen LogP contribution is 2.32. The van der Waals surface area contributed by atoms with Gasteiger partial charge in [0.2, 0.25) is 5.91 Å². The number of nitrogens with one attached hydrogen (secondary N) is 1. The second-order valence-electron chi connectivity index (χ2n) is 5.18. The number of amides is 1. The minimum absolute atomic E-state index is 0.0178. The second kappa shape index (κ2) is 6.53. The molecule has 1 aromatic rings. The lowest BCUT2D eigenvalue weighted by Gasteiger charge is -2.32. The van der Waals surface area contributed by atoms with Gasteiger partial charge in [0.1, 0.15) is 6.17 Å². The normalized spacial score (nSPS) is 25.0. The number of nitrogens with zero attached hydrogens (tertiary/aromatic N) is 1. The second-order valence-corrected chi connectivity index (χ2v) is 5.96. The zero-order valence-corrected chi connectivity index (χ0v) is 12.9. The van der Waals surface area contributed by atoms with Crippen molar-refractivity contribution < 1.29 is 4.79 Å². The zero-order chi connectivity index (χ0) is 13.8. The fourth-order valence-electron chi connectivity index (χ4n) is 2.89. The summed E-state index contributed by atoms with van der Waals surface area (Å²) in [7, 11) is 0. The molecule has 1 aliphatic rings. The van der Waals surface area contributed by atoms with Crippen LogP contribution in [0, 0.1) is 0 Å². The van der Waals surface area contributed by atoms with Crippen molar-refractivity contribution in [3.63, 3.8) is 0 Å². The Kier molecular flexibility index (Phi) is 4.99. The molecule has 0 spiro atoms. The molecule has 2 rings (SSSR count). The Labute approximate surface area is 120 Å². The molecular formula is C15H24N2OS. The fourth-order valence-corrected chi connectivity index (χ4v) is 3.57. The molecule has 1 amide bonds. The summed E-state index contributed by atoms with van der Waals surface area (Å²) >= 11 is 1.69. The Morgan fingerprint density at radius 2 is 2.21 bits per heavy atom. The first-order valence-corrected chi connectivity index (χ1v) is 8.27. The monoisotopic (exact) mass is 280 g/mol.